The molecule has 3 aromatic carbocycles. The summed E-state index contributed by atoms with van der Waals surface area (Å²) in [5.41, 5.74) is 4.67. The van der Waals surface area contributed by atoms with Crippen LogP contribution in [0.15, 0.2) is 85.0 Å². The Hall–Kier alpha value is -5.42. The summed E-state index contributed by atoms with van der Waals surface area (Å²) >= 11 is 0. The minimum absolute atomic E-state index is 0.212. The topological polar surface area (TPSA) is 208 Å². The fraction of sp³-hybridized carbons (Fsp3) is 0.300. The lowest BCUT2D eigenvalue weighted by atomic mass is 10.1. The van der Waals surface area contributed by atoms with E-state index in [1.165, 1.54) is 0 Å². The second-order valence-corrected chi connectivity index (χ2v) is 15.7. The first-order valence-corrected chi connectivity index (χ1v) is 20.8. The molecular formula is C40H48N2O12S2. The zero-order chi connectivity index (χ0) is 41.1. The van der Waals surface area contributed by atoms with E-state index in [4.69, 9.17) is 18.6 Å². The average Bonchev–Trinajstić information content (AvgIpc) is 3.14. The highest BCUT2D eigenvalue weighted by atomic mass is 32.2. The predicted octanol–water partition coefficient (Wildman–Crippen LogP) is 6.28. The number of rotatable bonds is 24. The van der Waals surface area contributed by atoms with E-state index in [-0.39, 0.29) is 37.4 Å². The fourth-order valence-corrected chi connectivity index (χ4v) is 6.69. The third kappa shape index (κ3) is 16.9. The minimum Gasteiger partial charge on any atom is -0.496 e. The number of hydrogen-bond acceptors (Lipinski definition) is 10. The molecule has 0 aliphatic heterocycles. The van der Waals surface area contributed by atoms with Crippen LogP contribution >= 0.6 is 0 Å². The Labute approximate surface area is 328 Å². The number of aliphatic carboxylic acids is 2. The summed E-state index contributed by atoms with van der Waals surface area (Å²) in [6.07, 6.45) is 16.2. The van der Waals surface area contributed by atoms with Crippen LogP contribution in [-0.4, -0.2) is 100.0 Å². The standard InChI is InChI=1S/C40H48N2O12S2/c1-53-37-27-34(14-6-4-12-32-17-21-36(22-18-32)42(30-40(45)46)24-8-10-26-56(50,51)52)38(54-2)28-33(37)13-5-3-11-31-15-19-35(20-16-31)41(29-39(43)44)23-7-9-25-55(47,48)49/h3-6,11-22,27-28H,7-10,23-26,29-30H2,1-2H3,(H,43,44)(H,45,46)(H,47,48,49)(H,50,51,52)/b11-3+,12-4+,13-5+,14-6+. The van der Waals surface area contributed by atoms with Crippen LogP contribution in [0.1, 0.15) is 47.9 Å². The molecule has 3 rings (SSSR count). The quantitative estimate of drug-likeness (QED) is 0.0447. The highest BCUT2D eigenvalue weighted by molar-refractivity contribution is 7.86. The highest BCUT2D eigenvalue weighted by Gasteiger charge is 2.14. The molecule has 3 aromatic rings. The van der Waals surface area contributed by atoms with Crippen LogP contribution in [0, 0.1) is 0 Å². The number of anilines is 2. The Morgan fingerprint density at radius 3 is 1.21 bits per heavy atom. The molecule has 0 heterocycles. The SMILES string of the molecule is COc1cc(/C=C/C=C/c2ccc(N(CCCCS(=O)(=O)O)CC(=O)O)cc2)c(OC)cc1/C=C/C=C/c1ccc(N(CCCCS(=O)(=O)O)CC(=O)O)cc1. The number of unbranched alkanes of at least 4 members (excludes halogenated alkanes) is 2. The first-order valence-electron chi connectivity index (χ1n) is 17.6. The number of carboxylic acid groups (broad SMARTS) is 2. The summed E-state index contributed by atoms with van der Waals surface area (Å²) in [7, 11) is -4.98. The number of allylic oxidation sites excluding steroid dienone is 4. The molecule has 0 fully saturated rings. The van der Waals surface area contributed by atoms with Gasteiger partial charge in [-0.25, -0.2) is 0 Å². The Bertz CT molecular complexity index is 1940. The van der Waals surface area contributed by atoms with Crippen molar-refractivity contribution in [2.75, 3.05) is 61.7 Å². The maximum atomic E-state index is 11.4. The van der Waals surface area contributed by atoms with Gasteiger partial charge >= 0.3 is 11.9 Å². The van der Waals surface area contributed by atoms with E-state index in [9.17, 15) is 36.6 Å². The van der Waals surface area contributed by atoms with Crippen LogP contribution in [0.25, 0.3) is 24.3 Å². The molecule has 0 aliphatic carbocycles. The molecule has 56 heavy (non-hydrogen) atoms. The third-order valence-electron chi connectivity index (χ3n) is 8.26. The number of carbonyl (C=O) groups is 2. The molecule has 0 atom stereocenters. The first kappa shape index (κ1) is 45.0. The van der Waals surface area contributed by atoms with Gasteiger partial charge in [-0.3, -0.25) is 18.7 Å². The molecular weight excluding hydrogens is 765 g/mol. The van der Waals surface area contributed by atoms with Gasteiger partial charge in [-0.1, -0.05) is 72.9 Å². The zero-order valence-electron chi connectivity index (χ0n) is 31.2. The normalized spacial score (nSPS) is 12.2. The van der Waals surface area contributed by atoms with Gasteiger partial charge in [-0.2, -0.15) is 16.8 Å². The molecule has 0 saturated heterocycles. The largest absolute Gasteiger partial charge is 0.496 e. The van der Waals surface area contributed by atoms with Crippen LogP contribution in [0.4, 0.5) is 11.4 Å². The summed E-state index contributed by atoms with van der Waals surface area (Å²) in [5.74, 6) is -1.53. The molecule has 0 saturated carbocycles. The predicted molar refractivity (Wildman–Crippen MR) is 220 cm³/mol. The van der Waals surface area contributed by atoms with Crippen LogP contribution in [0.3, 0.4) is 0 Å². The number of ether oxygens (including phenoxy) is 2. The maximum absolute atomic E-state index is 11.4. The van der Waals surface area contributed by atoms with Crippen LogP contribution in [0.2, 0.25) is 0 Å². The lowest BCUT2D eigenvalue weighted by Crippen LogP contribution is -2.30. The molecule has 16 heteroatoms. The smallest absolute Gasteiger partial charge is 0.323 e. The Kier molecular flexibility index (Phi) is 17.8. The fourth-order valence-electron chi connectivity index (χ4n) is 5.55. The minimum atomic E-state index is -4.07. The number of carboxylic acids is 2. The Morgan fingerprint density at radius 2 is 0.911 bits per heavy atom. The second kappa shape index (κ2) is 22.2. The van der Waals surface area contributed by atoms with Crippen molar-refractivity contribution in [2.45, 2.75) is 25.7 Å². The third-order valence-corrected chi connectivity index (χ3v) is 9.87. The molecule has 302 valence electrons. The number of nitrogens with zero attached hydrogens (tertiary/aromatic N) is 2. The van der Waals surface area contributed by atoms with E-state index in [1.807, 2.05) is 85.0 Å². The van der Waals surface area contributed by atoms with Crippen molar-refractivity contribution < 1.29 is 55.2 Å². The van der Waals surface area contributed by atoms with E-state index in [2.05, 4.69) is 0 Å². The summed E-state index contributed by atoms with van der Waals surface area (Å²) in [6.45, 7) is 0.142. The van der Waals surface area contributed by atoms with Gasteiger partial charge < -0.3 is 29.5 Å². The highest BCUT2D eigenvalue weighted by Crippen LogP contribution is 2.31. The molecule has 0 spiro atoms. The van der Waals surface area contributed by atoms with Gasteiger partial charge in [0.05, 0.1) is 25.7 Å². The summed E-state index contributed by atoms with van der Waals surface area (Å²) in [4.78, 5) is 26.1. The van der Waals surface area contributed by atoms with Gasteiger partial charge in [0.15, 0.2) is 0 Å². The van der Waals surface area contributed by atoms with E-state index >= 15 is 0 Å². The number of hydrogen-bond donors (Lipinski definition) is 4. The maximum Gasteiger partial charge on any atom is 0.323 e. The van der Waals surface area contributed by atoms with Gasteiger partial charge in [0.2, 0.25) is 0 Å². The van der Waals surface area contributed by atoms with Crippen LogP contribution in [0.5, 0.6) is 11.5 Å². The lowest BCUT2D eigenvalue weighted by Gasteiger charge is -2.23. The van der Waals surface area contributed by atoms with Crippen molar-refractivity contribution in [3.8, 4) is 11.5 Å². The van der Waals surface area contributed by atoms with E-state index < -0.39 is 32.2 Å². The Morgan fingerprint density at radius 1 is 0.571 bits per heavy atom. The summed E-state index contributed by atoms with van der Waals surface area (Å²) in [5, 5.41) is 18.6. The Balaban J connectivity index is 1.63. The van der Waals surface area contributed by atoms with E-state index in [1.54, 1.807) is 48.3 Å². The van der Waals surface area contributed by atoms with Crippen molar-refractivity contribution in [3.63, 3.8) is 0 Å². The van der Waals surface area contributed by atoms with E-state index in [0.29, 0.717) is 48.8 Å². The second-order valence-electron chi connectivity index (χ2n) is 12.6. The molecule has 4 N–H and O–H groups in total. The number of methoxy groups -OCH3 is 2. The monoisotopic (exact) mass is 812 g/mol. The molecule has 14 nitrogen and oxygen atoms in total. The zero-order valence-corrected chi connectivity index (χ0v) is 32.9. The number of benzene rings is 3. The van der Waals surface area contributed by atoms with Crippen molar-refractivity contribution in [1.29, 1.82) is 0 Å². The van der Waals surface area contributed by atoms with E-state index in [0.717, 1.165) is 22.3 Å². The van der Waals surface area contributed by atoms with Crippen molar-refractivity contribution in [1.82, 2.24) is 0 Å². The van der Waals surface area contributed by atoms with Crippen LogP contribution < -0.4 is 19.3 Å². The summed E-state index contributed by atoms with van der Waals surface area (Å²) in [6, 6.07) is 18.3. The molecule has 0 radical (unpaired) electrons. The molecule has 0 unspecified atom stereocenters. The van der Waals surface area contributed by atoms with Crippen molar-refractivity contribution in [3.05, 3.63) is 107 Å². The van der Waals surface area contributed by atoms with Gasteiger partial charge in [-0.05, 0) is 73.2 Å². The molecule has 0 aliphatic rings. The van der Waals surface area contributed by atoms with Crippen LogP contribution in [-0.2, 0) is 29.8 Å². The van der Waals surface area contributed by atoms with Crippen molar-refractivity contribution >= 4 is 67.9 Å². The van der Waals surface area contributed by atoms with Gasteiger partial charge in [0.1, 0.15) is 24.6 Å². The first-order chi connectivity index (χ1) is 26.6. The summed E-state index contributed by atoms with van der Waals surface area (Å²) < 4.78 is 73.1. The lowest BCUT2D eigenvalue weighted by molar-refractivity contribution is -0.136. The molecule has 0 amide bonds. The molecule has 0 aromatic heterocycles. The molecule has 0 bridgehead atoms. The van der Waals surface area contributed by atoms with Gasteiger partial charge in [0, 0.05) is 35.6 Å². The van der Waals surface area contributed by atoms with Gasteiger partial charge in [0.25, 0.3) is 20.2 Å². The average molecular weight is 813 g/mol. The van der Waals surface area contributed by atoms with Crippen molar-refractivity contribution in [2.24, 2.45) is 0 Å². The van der Waals surface area contributed by atoms with Gasteiger partial charge in [-0.15, -0.1) is 0 Å².